The molecule has 2 aliphatic rings. The lowest BCUT2D eigenvalue weighted by Gasteiger charge is -2.45. The van der Waals surface area contributed by atoms with Crippen LogP contribution < -0.4 is 0 Å². The lowest BCUT2D eigenvalue weighted by Crippen LogP contribution is -2.64. The highest BCUT2D eigenvalue weighted by molar-refractivity contribution is 5.69. The minimum Gasteiger partial charge on any atom is -0.456 e. The summed E-state index contributed by atoms with van der Waals surface area (Å²) in [6.07, 6.45) is 8.08. The smallest absolute Gasteiger partial charge is 0.306 e. The first-order chi connectivity index (χ1) is 22.2. The fraction of sp³-hybridized carbons (Fsp3) is 0.971. The Morgan fingerprint density at radius 2 is 0.913 bits per heavy atom. The number of carbonyl (C=O) groups excluding carboxylic acids is 1. The predicted molar refractivity (Wildman–Crippen MR) is 171 cm³/mol. The van der Waals surface area contributed by atoms with Gasteiger partial charge in [-0.1, -0.05) is 122 Å². The van der Waals surface area contributed by atoms with Gasteiger partial charge in [-0.3, -0.25) is 4.79 Å². The molecular formula is C34H64O12. The van der Waals surface area contributed by atoms with E-state index in [0.29, 0.717) is 6.42 Å². The van der Waals surface area contributed by atoms with Crippen molar-refractivity contribution < 1.29 is 59.5 Å². The molecule has 12 heteroatoms. The van der Waals surface area contributed by atoms with Gasteiger partial charge in [0.25, 0.3) is 0 Å². The van der Waals surface area contributed by atoms with Gasteiger partial charge in [0.1, 0.15) is 42.7 Å². The highest BCUT2D eigenvalue weighted by atomic mass is 16.8. The largest absolute Gasteiger partial charge is 0.456 e. The minimum absolute atomic E-state index is 0.0949. The SMILES string of the molecule is CCCCCCCCCCCCCCCCCCCCCC(=O)O[C@@H]1[C@@H](O)[C@@H](O[C@H]2O[C@H](CO)[C@@H](O)[C@H](O)[C@H]2O)O[C@H](CO)[C@H]1O. The molecule has 272 valence electrons. The number of esters is 1. The average molecular weight is 665 g/mol. The Bertz CT molecular complexity index is 770. The summed E-state index contributed by atoms with van der Waals surface area (Å²) in [5.74, 6) is -0.625. The molecule has 2 rings (SSSR count). The van der Waals surface area contributed by atoms with Gasteiger partial charge >= 0.3 is 5.97 Å². The topological polar surface area (TPSA) is 196 Å². The van der Waals surface area contributed by atoms with E-state index < -0.39 is 80.6 Å². The molecule has 0 unspecified atom stereocenters. The van der Waals surface area contributed by atoms with Gasteiger partial charge in [0.05, 0.1) is 13.2 Å². The first kappa shape index (κ1) is 41.2. The Morgan fingerprint density at radius 1 is 0.522 bits per heavy atom. The van der Waals surface area contributed by atoms with E-state index >= 15 is 0 Å². The van der Waals surface area contributed by atoms with Crippen LogP contribution in [-0.4, -0.2) is 116 Å². The zero-order chi connectivity index (χ0) is 33.7. The average Bonchev–Trinajstić information content (AvgIpc) is 3.05. The molecular weight excluding hydrogens is 600 g/mol. The molecule has 7 N–H and O–H groups in total. The van der Waals surface area contributed by atoms with Crippen molar-refractivity contribution in [1.82, 2.24) is 0 Å². The molecule has 2 heterocycles. The molecule has 0 radical (unpaired) electrons. The van der Waals surface area contributed by atoms with Gasteiger partial charge in [-0.25, -0.2) is 0 Å². The lowest BCUT2D eigenvalue weighted by atomic mass is 9.98. The summed E-state index contributed by atoms with van der Waals surface area (Å²) in [4.78, 5) is 12.5. The molecule has 46 heavy (non-hydrogen) atoms. The lowest BCUT2D eigenvalue weighted by molar-refractivity contribution is -0.376. The number of ether oxygens (including phenoxy) is 4. The Labute approximate surface area is 275 Å². The summed E-state index contributed by atoms with van der Waals surface area (Å²) in [6, 6.07) is 0. The summed E-state index contributed by atoms with van der Waals surface area (Å²) in [6.45, 7) is 0.890. The summed E-state index contributed by atoms with van der Waals surface area (Å²) < 4.78 is 21.5. The Morgan fingerprint density at radius 3 is 1.35 bits per heavy atom. The summed E-state index contributed by atoms with van der Waals surface area (Å²) in [7, 11) is 0. The fourth-order valence-electron chi connectivity index (χ4n) is 6.18. The maximum atomic E-state index is 12.5. The van der Waals surface area contributed by atoms with Crippen molar-refractivity contribution in [1.29, 1.82) is 0 Å². The predicted octanol–water partition coefficient (Wildman–Crippen LogP) is 2.98. The fourth-order valence-corrected chi connectivity index (χ4v) is 6.18. The van der Waals surface area contributed by atoms with E-state index in [1.165, 1.54) is 96.3 Å². The number of rotatable bonds is 25. The number of hydrogen-bond donors (Lipinski definition) is 7. The molecule has 2 aliphatic heterocycles. The summed E-state index contributed by atoms with van der Waals surface area (Å²) in [5.41, 5.74) is 0. The van der Waals surface area contributed by atoms with Crippen LogP contribution in [0.3, 0.4) is 0 Å². The molecule has 2 fully saturated rings. The van der Waals surface area contributed by atoms with E-state index in [1.807, 2.05) is 0 Å². The Balaban J connectivity index is 1.56. The molecule has 0 spiro atoms. The van der Waals surface area contributed by atoms with Crippen LogP contribution in [0.1, 0.15) is 135 Å². The second-order valence-corrected chi connectivity index (χ2v) is 13.1. The van der Waals surface area contributed by atoms with Crippen LogP contribution in [0.25, 0.3) is 0 Å². The molecule has 0 aromatic rings. The van der Waals surface area contributed by atoms with Crippen LogP contribution in [0.2, 0.25) is 0 Å². The highest BCUT2D eigenvalue weighted by Crippen LogP contribution is 2.29. The number of aliphatic hydroxyl groups is 7. The van der Waals surface area contributed by atoms with Gasteiger partial charge in [-0.2, -0.15) is 0 Å². The molecule has 0 aromatic heterocycles. The van der Waals surface area contributed by atoms with Crippen molar-refractivity contribution in [3.8, 4) is 0 Å². The molecule has 10 atom stereocenters. The van der Waals surface area contributed by atoms with E-state index in [-0.39, 0.29) is 6.42 Å². The summed E-state index contributed by atoms with van der Waals surface area (Å²) in [5, 5.41) is 70.6. The maximum absolute atomic E-state index is 12.5. The van der Waals surface area contributed by atoms with E-state index in [2.05, 4.69) is 6.92 Å². The van der Waals surface area contributed by atoms with Crippen molar-refractivity contribution in [2.24, 2.45) is 0 Å². The van der Waals surface area contributed by atoms with Crippen LogP contribution >= 0.6 is 0 Å². The second-order valence-electron chi connectivity index (χ2n) is 13.1. The first-order valence-corrected chi connectivity index (χ1v) is 18.0. The van der Waals surface area contributed by atoms with Gasteiger partial charge in [0.2, 0.25) is 0 Å². The van der Waals surface area contributed by atoms with Crippen molar-refractivity contribution in [3.05, 3.63) is 0 Å². The van der Waals surface area contributed by atoms with Crippen molar-refractivity contribution in [3.63, 3.8) is 0 Å². The van der Waals surface area contributed by atoms with Crippen LogP contribution in [0.4, 0.5) is 0 Å². The van der Waals surface area contributed by atoms with E-state index in [9.17, 15) is 40.5 Å². The van der Waals surface area contributed by atoms with E-state index in [1.54, 1.807) is 0 Å². The molecule has 0 aromatic carbocycles. The van der Waals surface area contributed by atoms with Gasteiger partial charge in [-0.15, -0.1) is 0 Å². The number of unbranched alkanes of at least 4 members (excludes halogenated alkanes) is 18. The normalized spacial score (nSPS) is 31.7. The van der Waals surface area contributed by atoms with E-state index in [0.717, 1.165) is 19.3 Å². The van der Waals surface area contributed by atoms with Crippen molar-refractivity contribution >= 4 is 5.97 Å². The van der Waals surface area contributed by atoms with Crippen LogP contribution in [0.15, 0.2) is 0 Å². The van der Waals surface area contributed by atoms with Crippen LogP contribution in [0, 0.1) is 0 Å². The maximum Gasteiger partial charge on any atom is 0.306 e. The zero-order valence-electron chi connectivity index (χ0n) is 28.0. The van der Waals surface area contributed by atoms with Gasteiger partial charge < -0.3 is 54.7 Å². The van der Waals surface area contributed by atoms with Crippen molar-refractivity contribution in [2.75, 3.05) is 13.2 Å². The standard InChI is InChI=1S/C34H64O12/c1-2-3-4-5-6-7-8-9-10-11-12-13-14-15-16-17-18-19-20-21-26(37)45-32-28(39)25(23-36)44-34(31(32)42)46-33-30(41)29(40)27(38)24(22-35)43-33/h24-25,27-36,38-42H,2-23H2,1H3/t24-,25-,27-,28-,29+,30-,31-,32+,33-,34-/m1/s1. The van der Waals surface area contributed by atoms with E-state index in [4.69, 9.17) is 18.9 Å². The first-order valence-electron chi connectivity index (χ1n) is 18.0. The third-order valence-electron chi connectivity index (χ3n) is 9.19. The van der Waals surface area contributed by atoms with Crippen LogP contribution in [0.5, 0.6) is 0 Å². The third-order valence-corrected chi connectivity index (χ3v) is 9.19. The molecule has 0 aliphatic carbocycles. The number of aliphatic hydroxyl groups excluding tert-OH is 7. The van der Waals surface area contributed by atoms with Gasteiger partial charge in [-0.05, 0) is 6.42 Å². The van der Waals surface area contributed by atoms with Crippen molar-refractivity contribution in [2.45, 2.75) is 197 Å². The third kappa shape index (κ3) is 14.7. The molecule has 12 nitrogen and oxygen atoms in total. The van der Waals surface area contributed by atoms with Gasteiger partial charge in [0.15, 0.2) is 18.7 Å². The minimum atomic E-state index is -1.76. The Hall–Kier alpha value is -0.930. The second kappa shape index (κ2) is 24.2. The number of hydrogen-bond acceptors (Lipinski definition) is 12. The summed E-state index contributed by atoms with van der Waals surface area (Å²) >= 11 is 0. The molecule has 0 bridgehead atoms. The highest BCUT2D eigenvalue weighted by Gasteiger charge is 2.51. The molecule has 2 saturated heterocycles. The zero-order valence-corrected chi connectivity index (χ0v) is 28.0. The Kier molecular flexibility index (Phi) is 21.7. The van der Waals surface area contributed by atoms with Gasteiger partial charge in [0, 0.05) is 6.42 Å². The number of carbonyl (C=O) groups is 1. The quantitative estimate of drug-likeness (QED) is 0.0558. The monoisotopic (exact) mass is 664 g/mol. The molecule has 0 amide bonds. The van der Waals surface area contributed by atoms with Crippen LogP contribution in [-0.2, 0) is 23.7 Å². The molecule has 0 saturated carbocycles.